The molecule has 1 spiro atoms. The van der Waals surface area contributed by atoms with Crippen LogP contribution in [0, 0.1) is 23.2 Å². The van der Waals surface area contributed by atoms with Crippen LogP contribution in [0.1, 0.15) is 61.8 Å². The van der Waals surface area contributed by atoms with Gasteiger partial charge in [-0.25, -0.2) is 0 Å². The summed E-state index contributed by atoms with van der Waals surface area (Å²) >= 11 is 0. The average molecular weight is 681 g/mol. The topological polar surface area (TPSA) is 211 Å². The van der Waals surface area contributed by atoms with Crippen LogP contribution in [-0.2, 0) is 61.9 Å². The van der Waals surface area contributed by atoms with Crippen molar-refractivity contribution in [2.45, 2.75) is 110 Å². The molecule has 0 radical (unpaired) electrons. The lowest BCUT2D eigenvalue weighted by Gasteiger charge is -2.59. The van der Waals surface area contributed by atoms with Gasteiger partial charge in [-0.1, -0.05) is 26.8 Å². The molecule has 2 saturated heterocycles. The van der Waals surface area contributed by atoms with Gasteiger partial charge >= 0.3 is 35.8 Å². The van der Waals surface area contributed by atoms with Gasteiger partial charge < -0.3 is 43.4 Å². The smallest absolute Gasteiger partial charge is 0.312 e. The number of rotatable bonds is 8. The summed E-state index contributed by atoms with van der Waals surface area (Å²) in [6.45, 7) is 9.98. The fraction of sp³-hybridized carbons (Fsp3) is 0.697. The Bertz CT molecular complexity index is 1390. The highest BCUT2D eigenvalue weighted by molar-refractivity contribution is 5.78. The van der Waals surface area contributed by atoms with E-state index in [9.17, 15) is 39.0 Å². The normalized spacial score (nSPS) is 40.2. The van der Waals surface area contributed by atoms with Gasteiger partial charge in [-0.15, -0.1) is 0 Å². The largest absolute Gasteiger partial charge is 0.459 e. The number of hydrogen-bond acceptors (Lipinski definition) is 15. The van der Waals surface area contributed by atoms with Gasteiger partial charge in [-0.05, 0) is 30.6 Å². The van der Waals surface area contributed by atoms with Crippen LogP contribution in [-0.4, -0.2) is 107 Å². The summed E-state index contributed by atoms with van der Waals surface area (Å²) in [5, 5.41) is 22.9. The molecule has 15 nitrogen and oxygen atoms in total. The van der Waals surface area contributed by atoms with E-state index >= 15 is 0 Å². The van der Waals surface area contributed by atoms with E-state index in [0.717, 1.165) is 27.7 Å². The zero-order valence-electron chi connectivity index (χ0n) is 28.3. The molecular weight excluding hydrogens is 636 g/mol. The van der Waals surface area contributed by atoms with Crippen molar-refractivity contribution in [3.63, 3.8) is 0 Å². The number of ether oxygens (including phenoxy) is 7. The molecule has 0 aromatic rings. The van der Waals surface area contributed by atoms with Gasteiger partial charge in [0.05, 0.1) is 24.5 Å². The van der Waals surface area contributed by atoms with Gasteiger partial charge in [0.2, 0.25) is 0 Å². The second-order valence-corrected chi connectivity index (χ2v) is 13.5. The Kier molecular flexibility index (Phi) is 10.5. The highest BCUT2D eigenvalue weighted by Gasteiger charge is 2.81. The van der Waals surface area contributed by atoms with Crippen LogP contribution in [0.15, 0.2) is 23.8 Å². The van der Waals surface area contributed by atoms with Gasteiger partial charge in [0.1, 0.15) is 17.8 Å². The van der Waals surface area contributed by atoms with Crippen LogP contribution in [0.25, 0.3) is 0 Å². The zero-order chi connectivity index (χ0) is 35.9. The first-order chi connectivity index (χ1) is 22.3. The van der Waals surface area contributed by atoms with E-state index in [1.54, 1.807) is 13.8 Å². The Morgan fingerprint density at radius 1 is 0.917 bits per heavy atom. The molecule has 48 heavy (non-hydrogen) atoms. The van der Waals surface area contributed by atoms with E-state index in [1.807, 2.05) is 0 Å². The Morgan fingerprint density at radius 2 is 1.46 bits per heavy atom. The molecule has 4 rings (SSSR count). The molecule has 0 unspecified atom stereocenters. The summed E-state index contributed by atoms with van der Waals surface area (Å²) in [6, 6.07) is 0. The van der Waals surface area contributed by atoms with Crippen molar-refractivity contribution in [3.8, 4) is 0 Å². The first-order valence-electron chi connectivity index (χ1n) is 15.8. The Hall–Kier alpha value is -3.82. The molecule has 2 aliphatic carbocycles. The van der Waals surface area contributed by atoms with Crippen LogP contribution >= 0.6 is 0 Å². The number of carbonyl (C=O) groups is 6. The fourth-order valence-corrected chi connectivity index (χ4v) is 7.45. The number of hydrogen-bond donors (Lipinski definition) is 2. The third-order valence-electron chi connectivity index (χ3n) is 9.53. The molecule has 266 valence electrons. The molecule has 4 aliphatic rings. The molecule has 0 amide bonds. The molecule has 15 heteroatoms. The van der Waals surface area contributed by atoms with Gasteiger partial charge in [0.15, 0.2) is 30.0 Å². The minimum Gasteiger partial charge on any atom is -0.459 e. The molecule has 0 bridgehead atoms. The standard InChI is InChI=1S/C33H44O15/c1-15(2)11-24(39)48-25-27(44-18(5)36)31(8)22(43-17(4)35)10-9-21(13-34)12-23-33(41,16(3)30(40)47-23)29(46-20(7)38)26(31)32(14-42-32)28(25)45-19(6)37/h9-10,12,15-16,22-23,25-29,34,41H,11,13-14H2,1-8H3/b10-9-,21-12+/t16-,22-,23-,25+,26+,27-,28+,29-,31+,32-,33-/m0/s1. The van der Waals surface area contributed by atoms with E-state index in [4.69, 9.17) is 33.2 Å². The maximum absolute atomic E-state index is 13.3. The van der Waals surface area contributed by atoms with Gasteiger partial charge in [0.25, 0.3) is 0 Å². The van der Waals surface area contributed by atoms with Crippen molar-refractivity contribution in [2.75, 3.05) is 13.2 Å². The number of epoxide rings is 1. The quantitative estimate of drug-likeness (QED) is 0.207. The molecule has 2 N–H and O–H groups in total. The van der Waals surface area contributed by atoms with Crippen molar-refractivity contribution in [2.24, 2.45) is 23.2 Å². The third-order valence-corrected chi connectivity index (χ3v) is 9.53. The van der Waals surface area contributed by atoms with Crippen LogP contribution in [0.3, 0.4) is 0 Å². The summed E-state index contributed by atoms with van der Waals surface area (Å²) in [4.78, 5) is 77.6. The fourth-order valence-electron chi connectivity index (χ4n) is 7.45. The van der Waals surface area contributed by atoms with Gasteiger partial charge in [-0.3, -0.25) is 28.8 Å². The Labute approximate surface area is 277 Å². The number of aliphatic hydroxyl groups is 2. The zero-order valence-corrected chi connectivity index (χ0v) is 28.3. The Balaban J connectivity index is 2.15. The molecule has 0 aromatic carbocycles. The van der Waals surface area contributed by atoms with Crippen LogP contribution in [0.4, 0.5) is 0 Å². The van der Waals surface area contributed by atoms with E-state index < -0.39 is 107 Å². The predicted molar refractivity (Wildman–Crippen MR) is 160 cm³/mol. The lowest BCUT2D eigenvalue weighted by atomic mass is 9.51. The average Bonchev–Trinajstić information content (AvgIpc) is 3.72. The summed E-state index contributed by atoms with van der Waals surface area (Å²) < 4.78 is 41.1. The highest BCUT2D eigenvalue weighted by atomic mass is 16.7. The highest BCUT2D eigenvalue weighted by Crippen LogP contribution is 2.63. The number of carbonyl (C=O) groups excluding carboxylic acids is 6. The summed E-state index contributed by atoms with van der Waals surface area (Å²) in [6.07, 6.45) is -5.45. The van der Waals surface area contributed by atoms with Gasteiger partial charge in [-0.2, -0.15) is 0 Å². The second kappa shape index (κ2) is 13.6. The van der Waals surface area contributed by atoms with Crippen molar-refractivity contribution in [1.29, 1.82) is 0 Å². The molecule has 3 fully saturated rings. The summed E-state index contributed by atoms with van der Waals surface area (Å²) in [5.74, 6) is -7.94. The maximum Gasteiger partial charge on any atom is 0.312 e. The summed E-state index contributed by atoms with van der Waals surface area (Å²) in [7, 11) is 0. The lowest BCUT2D eigenvalue weighted by molar-refractivity contribution is -0.279. The van der Waals surface area contributed by atoms with Crippen LogP contribution < -0.4 is 0 Å². The molecule has 2 aliphatic heterocycles. The minimum atomic E-state index is -2.39. The molecule has 0 aromatic heterocycles. The molecule has 11 atom stereocenters. The van der Waals surface area contributed by atoms with E-state index in [0.29, 0.717) is 0 Å². The number of esters is 6. The van der Waals surface area contributed by atoms with Gasteiger partial charge in [0, 0.05) is 40.0 Å². The first-order valence-corrected chi connectivity index (χ1v) is 15.8. The number of fused-ring (bicyclic) bond motifs is 3. The second-order valence-electron chi connectivity index (χ2n) is 13.5. The summed E-state index contributed by atoms with van der Waals surface area (Å²) in [5.41, 5.74) is -5.85. The van der Waals surface area contributed by atoms with Crippen molar-refractivity contribution in [1.82, 2.24) is 0 Å². The van der Waals surface area contributed by atoms with Crippen molar-refractivity contribution >= 4 is 35.8 Å². The first kappa shape index (κ1) is 37.0. The lowest BCUT2D eigenvalue weighted by Crippen LogP contribution is -2.76. The van der Waals surface area contributed by atoms with E-state index in [-0.39, 0.29) is 24.5 Å². The predicted octanol–water partition coefficient (Wildman–Crippen LogP) is 0.857. The maximum atomic E-state index is 13.3. The molecule has 1 saturated carbocycles. The van der Waals surface area contributed by atoms with Crippen LogP contribution in [0.2, 0.25) is 0 Å². The minimum absolute atomic E-state index is 0.0729. The van der Waals surface area contributed by atoms with Crippen molar-refractivity contribution in [3.05, 3.63) is 23.8 Å². The monoisotopic (exact) mass is 680 g/mol. The van der Waals surface area contributed by atoms with Crippen molar-refractivity contribution < 1.29 is 72.1 Å². The SMILES string of the molecule is CC(=O)O[C@@H]1[C@H](OC(=O)CC(C)C)[C@H](OC(C)=O)[C@]2(C)[C@@H](OC(C)=O)/C=C\C(CO)=C/[C@@H]3OC(=O)[C@H](C)[C@@]3(O)[C@@H](OC(C)=O)[C@H]2[C@@]12CO2. The molecular formula is C33H44O15. The van der Waals surface area contributed by atoms with E-state index in [1.165, 1.54) is 32.1 Å². The molecule has 2 heterocycles. The third kappa shape index (κ3) is 6.59. The van der Waals surface area contributed by atoms with E-state index in [2.05, 4.69) is 0 Å². The number of aliphatic hydroxyl groups excluding tert-OH is 1. The Morgan fingerprint density at radius 3 is 1.96 bits per heavy atom. The van der Waals surface area contributed by atoms with Crippen LogP contribution in [0.5, 0.6) is 0 Å².